The van der Waals surface area contributed by atoms with Crippen molar-refractivity contribution in [3.8, 4) is 0 Å². The summed E-state index contributed by atoms with van der Waals surface area (Å²) in [6.45, 7) is 16.7. The lowest BCUT2D eigenvalue weighted by Crippen LogP contribution is -2.32. The van der Waals surface area contributed by atoms with Crippen molar-refractivity contribution in [2.45, 2.75) is 65.7 Å². The van der Waals surface area contributed by atoms with Crippen LogP contribution >= 0.6 is 0 Å². The van der Waals surface area contributed by atoms with E-state index in [1.54, 1.807) is 0 Å². The van der Waals surface area contributed by atoms with E-state index in [2.05, 4.69) is 83.8 Å². The maximum atomic E-state index is 9.74. The van der Waals surface area contributed by atoms with Crippen LogP contribution in [-0.4, -0.2) is 19.8 Å². The van der Waals surface area contributed by atoms with E-state index in [1.807, 2.05) is 0 Å². The van der Waals surface area contributed by atoms with Crippen LogP contribution in [0.3, 0.4) is 0 Å². The van der Waals surface area contributed by atoms with Crippen LogP contribution < -0.4 is 0 Å². The Balaban J connectivity index is 2.23. The Labute approximate surface area is 150 Å². The third-order valence-electron chi connectivity index (χ3n) is 6.20. The molecule has 0 aromatic heterocycles. The molecular weight excluding hydrogens is 308 g/mol. The summed E-state index contributed by atoms with van der Waals surface area (Å²) in [4.78, 5) is 0. The molecule has 24 heavy (non-hydrogen) atoms. The van der Waals surface area contributed by atoms with E-state index in [-0.39, 0.29) is 17.4 Å². The number of aliphatic hydroxyl groups is 1. The molecule has 0 spiro atoms. The van der Waals surface area contributed by atoms with Crippen molar-refractivity contribution in [2.24, 2.45) is 16.7 Å². The number of hydrogen-bond donors (Lipinski definition) is 1. The van der Waals surface area contributed by atoms with E-state index in [0.717, 1.165) is 12.8 Å². The van der Waals surface area contributed by atoms with Gasteiger partial charge in [-0.3, -0.25) is 0 Å². The Morgan fingerprint density at radius 1 is 1.17 bits per heavy atom. The fourth-order valence-electron chi connectivity index (χ4n) is 4.03. The maximum Gasteiger partial charge on any atom is 0.0557 e. The number of rotatable bonds is 4. The molecule has 0 radical (unpaired) electrons. The lowest BCUT2D eigenvalue weighted by molar-refractivity contribution is 0.128. The first-order valence-corrected chi connectivity index (χ1v) is 13.0. The van der Waals surface area contributed by atoms with Gasteiger partial charge in [-0.15, -0.1) is 0 Å². The molecule has 1 nitrogen and oxygen atoms in total. The van der Waals surface area contributed by atoms with Gasteiger partial charge in [0.15, 0.2) is 0 Å². The average molecular weight is 345 g/mol. The molecule has 2 aliphatic rings. The molecule has 0 saturated carbocycles. The van der Waals surface area contributed by atoms with Crippen LogP contribution in [0.5, 0.6) is 0 Å². The highest BCUT2D eigenvalue weighted by Gasteiger charge is 2.36. The lowest BCUT2D eigenvalue weighted by Gasteiger charge is -2.40. The highest BCUT2D eigenvalue weighted by molar-refractivity contribution is 6.78. The van der Waals surface area contributed by atoms with Gasteiger partial charge in [0.2, 0.25) is 0 Å². The van der Waals surface area contributed by atoms with Crippen molar-refractivity contribution in [2.75, 3.05) is 6.61 Å². The van der Waals surface area contributed by atoms with Crippen LogP contribution in [0, 0.1) is 16.7 Å². The summed E-state index contributed by atoms with van der Waals surface area (Å²) in [5, 5.41) is 9.74. The molecule has 0 fully saturated rings. The SMILES string of the molecule is CC1=C(/C=C\C2(C)C=CC([Si](C)(C)C)C=C2)C(C)(C)C(CO)CC1. The smallest absolute Gasteiger partial charge is 0.0557 e. The number of hydrogen-bond acceptors (Lipinski definition) is 1. The zero-order valence-electron chi connectivity index (χ0n) is 16.7. The van der Waals surface area contributed by atoms with Crippen molar-refractivity contribution in [3.05, 3.63) is 47.6 Å². The van der Waals surface area contributed by atoms with Crippen molar-refractivity contribution < 1.29 is 5.11 Å². The molecule has 0 bridgehead atoms. The van der Waals surface area contributed by atoms with Gasteiger partial charge in [-0.05, 0) is 49.1 Å². The van der Waals surface area contributed by atoms with E-state index >= 15 is 0 Å². The fraction of sp³-hybridized carbons (Fsp3) is 0.636. The fourth-order valence-corrected chi connectivity index (χ4v) is 5.37. The monoisotopic (exact) mass is 344 g/mol. The third-order valence-corrected chi connectivity index (χ3v) is 8.58. The zero-order valence-corrected chi connectivity index (χ0v) is 17.7. The third kappa shape index (κ3) is 4.03. The topological polar surface area (TPSA) is 20.2 Å². The van der Waals surface area contributed by atoms with Crippen LogP contribution in [0.2, 0.25) is 25.2 Å². The summed E-state index contributed by atoms with van der Waals surface area (Å²) in [5.74, 6) is 0.363. The van der Waals surface area contributed by atoms with Crippen LogP contribution in [0.4, 0.5) is 0 Å². The summed E-state index contributed by atoms with van der Waals surface area (Å²) in [6.07, 6.45) is 16.5. The molecule has 0 saturated heterocycles. The average Bonchev–Trinajstić information content (AvgIpc) is 2.46. The molecule has 0 aromatic carbocycles. The van der Waals surface area contributed by atoms with E-state index in [4.69, 9.17) is 0 Å². The van der Waals surface area contributed by atoms with Crippen molar-refractivity contribution in [3.63, 3.8) is 0 Å². The molecule has 1 unspecified atom stereocenters. The van der Waals surface area contributed by atoms with E-state index in [9.17, 15) is 5.11 Å². The zero-order chi connectivity index (χ0) is 18.2. The first-order valence-electron chi connectivity index (χ1n) is 9.38. The molecule has 0 heterocycles. The van der Waals surface area contributed by atoms with Crippen LogP contribution in [0.1, 0.15) is 40.5 Å². The standard InChI is InChI=1S/C22H36OSi/c1-17-8-9-18(16-23)21(2,3)20(17)12-15-22(4)13-10-19(11-14-22)24(5,6)7/h10-15,18-19,23H,8-9,16H2,1-7H3/b15-12-. The normalized spacial score (nSPS) is 33.5. The second-order valence-corrected chi connectivity index (χ2v) is 15.0. The minimum absolute atomic E-state index is 0.00562. The van der Waals surface area contributed by atoms with Gasteiger partial charge in [-0.1, -0.05) is 75.5 Å². The molecule has 2 aliphatic carbocycles. The van der Waals surface area contributed by atoms with Gasteiger partial charge in [-0.25, -0.2) is 0 Å². The number of allylic oxidation sites excluding steroid dienone is 8. The second kappa shape index (κ2) is 6.80. The summed E-state index contributed by atoms with van der Waals surface area (Å²) < 4.78 is 0. The summed E-state index contributed by atoms with van der Waals surface area (Å²) in [5.41, 5.74) is 3.60. The Morgan fingerprint density at radius 2 is 1.75 bits per heavy atom. The number of aliphatic hydroxyl groups excluding tert-OH is 1. The molecular formula is C22H36OSi. The Bertz CT molecular complexity index is 570. The van der Waals surface area contributed by atoms with E-state index < -0.39 is 8.07 Å². The van der Waals surface area contributed by atoms with Gasteiger partial charge in [0.1, 0.15) is 0 Å². The highest BCUT2D eigenvalue weighted by atomic mass is 28.3. The Morgan fingerprint density at radius 3 is 2.25 bits per heavy atom. The van der Waals surface area contributed by atoms with Gasteiger partial charge in [0.25, 0.3) is 0 Å². The van der Waals surface area contributed by atoms with Crippen LogP contribution in [-0.2, 0) is 0 Å². The quantitative estimate of drug-likeness (QED) is 0.480. The van der Waals surface area contributed by atoms with Gasteiger partial charge in [0.05, 0.1) is 8.07 Å². The Hall–Kier alpha value is -0.863. The Kier molecular flexibility index (Phi) is 5.51. The molecule has 1 N–H and O–H groups in total. The van der Waals surface area contributed by atoms with Crippen LogP contribution in [0.15, 0.2) is 47.6 Å². The molecule has 2 heteroatoms. The molecule has 1 atom stereocenters. The molecule has 134 valence electrons. The van der Waals surface area contributed by atoms with Crippen molar-refractivity contribution >= 4 is 8.07 Å². The van der Waals surface area contributed by atoms with Gasteiger partial charge < -0.3 is 5.11 Å². The van der Waals surface area contributed by atoms with E-state index in [1.165, 1.54) is 11.1 Å². The second-order valence-electron chi connectivity index (χ2n) is 9.64. The summed E-state index contributed by atoms with van der Waals surface area (Å²) in [7, 11) is -1.16. The minimum Gasteiger partial charge on any atom is -0.396 e. The van der Waals surface area contributed by atoms with Crippen molar-refractivity contribution in [1.29, 1.82) is 0 Å². The molecule has 2 rings (SSSR count). The lowest BCUT2D eigenvalue weighted by atomic mass is 9.65. The van der Waals surface area contributed by atoms with Crippen LogP contribution in [0.25, 0.3) is 0 Å². The molecule has 0 amide bonds. The minimum atomic E-state index is -1.16. The highest BCUT2D eigenvalue weighted by Crippen LogP contribution is 2.45. The summed E-state index contributed by atoms with van der Waals surface area (Å²) >= 11 is 0. The predicted molar refractivity (Wildman–Crippen MR) is 109 cm³/mol. The summed E-state index contributed by atoms with van der Waals surface area (Å²) in [6, 6.07) is 0. The van der Waals surface area contributed by atoms with Gasteiger partial charge in [0, 0.05) is 12.0 Å². The van der Waals surface area contributed by atoms with Crippen molar-refractivity contribution in [1.82, 2.24) is 0 Å². The van der Waals surface area contributed by atoms with E-state index in [0.29, 0.717) is 11.5 Å². The van der Waals surface area contributed by atoms with Gasteiger partial charge >= 0.3 is 0 Å². The first-order chi connectivity index (χ1) is 11.0. The largest absolute Gasteiger partial charge is 0.396 e. The predicted octanol–water partition coefficient (Wildman–Crippen LogP) is 6.13. The van der Waals surface area contributed by atoms with Gasteiger partial charge in [-0.2, -0.15) is 0 Å². The molecule has 0 aromatic rings. The maximum absolute atomic E-state index is 9.74. The first kappa shape index (κ1) is 19.5. The molecule has 0 aliphatic heterocycles.